The van der Waals surface area contributed by atoms with Crippen molar-refractivity contribution in [3.8, 4) is 0 Å². The van der Waals surface area contributed by atoms with Gasteiger partial charge in [-0.05, 0) is 11.5 Å². The van der Waals surface area contributed by atoms with Gasteiger partial charge in [-0.25, -0.2) is 0 Å². The first-order valence-corrected chi connectivity index (χ1v) is 3.55. The third kappa shape index (κ3) is 1.59. The first-order chi connectivity index (χ1) is 4.70. The van der Waals surface area contributed by atoms with Crippen LogP contribution in [0.5, 0.6) is 0 Å². The number of hydrogen-bond donors (Lipinski definition) is 0. The molecule has 0 fully saturated rings. The van der Waals surface area contributed by atoms with Crippen molar-refractivity contribution < 1.29 is 4.84 Å². The van der Waals surface area contributed by atoms with Crippen LogP contribution in [0.15, 0.2) is 17.3 Å². The van der Waals surface area contributed by atoms with Gasteiger partial charge in [0.25, 0.3) is 0 Å². The molecule has 0 aromatic carbocycles. The highest BCUT2D eigenvalue weighted by molar-refractivity contribution is 5.88. The predicted octanol–water partition coefficient (Wildman–Crippen LogP) is 1.97. The van der Waals surface area contributed by atoms with E-state index in [1.54, 1.807) is 0 Å². The molecule has 1 aliphatic heterocycles. The van der Waals surface area contributed by atoms with Gasteiger partial charge in [-0.3, -0.25) is 0 Å². The predicted molar refractivity (Wildman–Crippen MR) is 42.0 cm³/mol. The van der Waals surface area contributed by atoms with Crippen LogP contribution in [0.4, 0.5) is 0 Å². The second-order valence-electron chi connectivity index (χ2n) is 2.94. The lowest BCUT2D eigenvalue weighted by Crippen LogP contribution is -2.15. The van der Waals surface area contributed by atoms with Gasteiger partial charge in [0, 0.05) is 6.42 Å². The molecule has 1 aliphatic rings. The average molecular weight is 139 g/mol. The second kappa shape index (κ2) is 2.86. The van der Waals surface area contributed by atoms with Crippen molar-refractivity contribution in [2.75, 3.05) is 6.61 Å². The van der Waals surface area contributed by atoms with E-state index in [1.165, 1.54) is 0 Å². The summed E-state index contributed by atoms with van der Waals surface area (Å²) in [6.45, 7) is 8.66. The second-order valence-corrected chi connectivity index (χ2v) is 2.94. The summed E-state index contributed by atoms with van der Waals surface area (Å²) in [7, 11) is 0. The molecule has 0 amide bonds. The molecular formula is C8H13NO. The number of rotatable bonds is 1. The van der Waals surface area contributed by atoms with Gasteiger partial charge >= 0.3 is 0 Å². The highest BCUT2D eigenvalue weighted by Crippen LogP contribution is 2.13. The van der Waals surface area contributed by atoms with Gasteiger partial charge in [0.05, 0.1) is 5.71 Å². The Bertz CT molecular complexity index is 170. The molecule has 0 unspecified atom stereocenters. The van der Waals surface area contributed by atoms with Crippen molar-refractivity contribution in [3.05, 3.63) is 12.2 Å². The van der Waals surface area contributed by atoms with Crippen LogP contribution < -0.4 is 0 Å². The molecule has 0 aromatic rings. The Hall–Kier alpha value is -0.790. The summed E-state index contributed by atoms with van der Waals surface area (Å²) >= 11 is 0. The zero-order chi connectivity index (χ0) is 7.56. The summed E-state index contributed by atoms with van der Waals surface area (Å²) < 4.78 is 0. The molecule has 0 aromatic heterocycles. The average Bonchev–Trinajstić information content (AvgIpc) is 1.88. The first-order valence-electron chi connectivity index (χ1n) is 3.55. The van der Waals surface area contributed by atoms with Crippen molar-refractivity contribution in [2.24, 2.45) is 11.1 Å². The largest absolute Gasteiger partial charge is 0.391 e. The highest BCUT2D eigenvalue weighted by atomic mass is 16.6. The van der Waals surface area contributed by atoms with E-state index in [4.69, 9.17) is 4.84 Å². The van der Waals surface area contributed by atoms with Crippen molar-refractivity contribution in [1.29, 1.82) is 0 Å². The molecule has 56 valence electrons. The lowest BCUT2D eigenvalue weighted by atomic mass is 10.0. The quantitative estimate of drug-likeness (QED) is 0.509. The molecule has 0 N–H and O–H groups in total. The molecular weight excluding hydrogens is 126 g/mol. The smallest absolute Gasteiger partial charge is 0.138 e. The summed E-state index contributed by atoms with van der Waals surface area (Å²) in [5, 5.41) is 3.94. The Labute approximate surface area is 61.6 Å². The van der Waals surface area contributed by atoms with Gasteiger partial charge in [-0.15, -0.1) is 0 Å². The molecule has 1 rings (SSSR count). The molecule has 0 saturated carbocycles. The minimum Gasteiger partial charge on any atom is -0.391 e. The van der Waals surface area contributed by atoms with E-state index in [9.17, 15) is 0 Å². The van der Waals surface area contributed by atoms with Gasteiger partial charge in [0.15, 0.2) is 0 Å². The van der Waals surface area contributed by atoms with Crippen LogP contribution >= 0.6 is 0 Å². The minimum atomic E-state index is 0.483. The van der Waals surface area contributed by atoms with Gasteiger partial charge in [-0.2, -0.15) is 0 Å². The lowest BCUT2D eigenvalue weighted by molar-refractivity contribution is 0.156. The Morgan fingerprint density at radius 3 is 2.70 bits per heavy atom. The van der Waals surface area contributed by atoms with Crippen molar-refractivity contribution in [1.82, 2.24) is 0 Å². The third-order valence-corrected chi connectivity index (χ3v) is 1.55. The Balaban J connectivity index is 2.60. The fraction of sp³-hybridized carbons (Fsp3) is 0.625. The van der Waals surface area contributed by atoms with E-state index >= 15 is 0 Å². The van der Waals surface area contributed by atoms with Crippen LogP contribution in [0.2, 0.25) is 0 Å². The van der Waals surface area contributed by atoms with E-state index < -0.39 is 0 Å². The summed E-state index contributed by atoms with van der Waals surface area (Å²) in [5.41, 5.74) is 2.23. The summed E-state index contributed by atoms with van der Waals surface area (Å²) in [4.78, 5) is 4.94. The van der Waals surface area contributed by atoms with Crippen molar-refractivity contribution in [3.63, 3.8) is 0 Å². The maximum absolute atomic E-state index is 4.94. The van der Waals surface area contributed by atoms with E-state index in [-0.39, 0.29) is 0 Å². The molecule has 1 heterocycles. The maximum atomic E-state index is 4.94. The highest BCUT2D eigenvalue weighted by Gasteiger charge is 2.12. The topological polar surface area (TPSA) is 21.6 Å². The van der Waals surface area contributed by atoms with E-state index in [1.807, 2.05) is 0 Å². The van der Waals surface area contributed by atoms with E-state index in [0.29, 0.717) is 12.5 Å². The zero-order valence-corrected chi connectivity index (χ0v) is 6.55. The fourth-order valence-corrected chi connectivity index (χ4v) is 0.855. The van der Waals surface area contributed by atoms with Gasteiger partial charge in [-0.1, -0.05) is 25.6 Å². The molecule has 10 heavy (non-hydrogen) atoms. The molecule has 0 radical (unpaired) electrons. The zero-order valence-electron chi connectivity index (χ0n) is 6.55. The number of nitrogens with zero attached hydrogens (tertiary/aromatic N) is 1. The Morgan fingerprint density at radius 2 is 2.30 bits per heavy atom. The molecule has 0 spiro atoms. The van der Waals surface area contributed by atoms with Crippen LogP contribution in [-0.2, 0) is 4.84 Å². The van der Waals surface area contributed by atoms with E-state index in [2.05, 4.69) is 25.6 Å². The normalized spacial score (nSPS) is 18.7. The molecule has 0 saturated heterocycles. The standard InChI is InChI=1S/C8H13NO/c1-6(2)8-4-7(3)5-10-9-8/h6H,3-5H2,1-2H3. The summed E-state index contributed by atoms with van der Waals surface area (Å²) in [5.74, 6) is 0.483. The first kappa shape index (κ1) is 7.32. The van der Waals surface area contributed by atoms with Crippen LogP contribution in [0.3, 0.4) is 0 Å². The minimum absolute atomic E-state index is 0.483. The number of oxime groups is 1. The van der Waals surface area contributed by atoms with Crippen LogP contribution in [0, 0.1) is 5.92 Å². The van der Waals surface area contributed by atoms with Gasteiger partial charge < -0.3 is 4.84 Å². The SMILES string of the molecule is C=C1CON=C(C(C)C)C1. The van der Waals surface area contributed by atoms with Gasteiger partial charge in [0.1, 0.15) is 6.61 Å². The summed E-state index contributed by atoms with van der Waals surface area (Å²) in [6.07, 6.45) is 0.914. The fourth-order valence-electron chi connectivity index (χ4n) is 0.855. The number of hydrogen-bond acceptors (Lipinski definition) is 2. The van der Waals surface area contributed by atoms with Crippen molar-refractivity contribution in [2.45, 2.75) is 20.3 Å². The molecule has 2 nitrogen and oxygen atoms in total. The Morgan fingerprint density at radius 1 is 1.60 bits per heavy atom. The van der Waals surface area contributed by atoms with Crippen LogP contribution in [0.25, 0.3) is 0 Å². The maximum Gasteiger partial charge on any atom is 0.138 e. The Kier molecular flexibility index (Phi) is 2.10. The molecule has 0 bridgehead atoms. The lowest BCUT2D eigenvalue weighted by Gasteiger charge is -2.15. The molecule has 0 aliphatic carbocycles. The van der Waals surface area contributed by atoms with E-state index in [0.717, 1.165) is 17.7 Å². The van der Waals surface area contributed by atoms with Crippen LogP contribution in [-0.4, -0.2) is 12.3 Å². The molecule has 2 heteroatoms. The molecule has 0 atom stereocenters. The van der Waals surface area contributed by atoms with Gasteiger partial charge in [0.2, 0.25) is 0 Å². The monoisotopic (exact) mass is 139 g/mol. The van der Waals surface area contributed by atoms with Crippen molar-refractivity contribution >= 4 is 5.71 Å². The third-order valence-electron chi connectivity index (χ3n) is 1.55. The summed E-state index contributed by atoms with van der Waals surface area (Å²) in [6, 6.07) is 0. The van der Waals surface area contributed by atoms with Crippen LogP contribution in [0.1, 0.15) is 20.3 Å².